The molecule has 0 aromatic carbocycles. The minimum absolute atomic E-state index is 0.0593. The van der Waals surface area contributed by atoms with Crippen molar-refractivity contribution >= 4 is 0 Å². The second kappa shape index (κ2) is 4.93. The van der Waals surface area contributed by atoms with E-state index in [2.05, 4.69) is 33.9 Å². The van der Waals surface area contributed by atoms with E-state index in [4.69, 9.17) is 9.47 Å². The summed E-state index contributed by atoms with van der Waals surface area (Å²) in [6.45, 7) is 15.3. The molecule has 1 unspecified atom stereocenters. The first-order valence-corrected chi connectivity index (χ1v) is 9.19. The highest BCUT2D eigenvalue weighted by Crippen LogP contribution is 2.59. The van der Waals surface area contributed by atoms with Gasteiger partial charge in [-0.25, -0.2) is 0 Å². The SMILES string of the molecule is C=C1CCC(C(C)C)[C@@H]2[C@H]1[C@H]1CC(=C)[C@]3(O)CC[C@@](C)(O3)[C@@H]2O1. The molecule has 23 heavy (non-hydrogen) atoms. The van der Waals surface area contributed by atoms with Crippen molar-refractivity contribution in [3.05, 3.63) is 24.3 Å². The third-order valence-electron chi connectivity index (χ3n) is 7.07. The summed E-state index contributed by atoms with van der Waals surface area (Å²) in [5.74, 6) is 0.965. The van der Waals surface area contributed by atoms with Gasteiger partial charge < -0.3 is 14.6 Å². The summed E-state index contributed by atoms with van der Waals surface area (Å²) in [7, 11) is 0. The molecule has 4 rings (SSSR count). The molecule has 0 aromatic rings. The zero-order valence-electron chi connectivity index (χ0n) is 14.7. The van der Waals surface area contributed by atoms with Gasteiger partial charge in [0.15, 0.2) is 5.79 Å². The van der Waals surface area contributed by atoms with Crippen molar-refractivity contribution in [2.75, 3.05) is 0 Å². The van der Waals surface area contributed by atoms with Crippen LogP contribution in [0, 0.1) is 23.7 Å². The van der Waals surface area contributed by atoms with E-state index in [1.54, 1.807) is 0 Å². The molecule has 128 valence electrons. The molecule has 3 aliphatic heterocycles. The van der Waals surface area contributed by atoms with E-state index < -0.39 is 11.4 Å². The second-order valence-electron chi connectivity index (χ2n) is 8.81. The Balaban J connectivity index is 1.79. The average molecular weight is 318 g/mol. The summed E-state index contributed by atoms with van der Waals surface area (Å²) in [6, 6.07) is 0. The van der Waals surface area contributed by atoms with Gasteiger partial charge in [-0.1, -0.05) is 32.6 Å². The fourth-order valence-corrected chi connectivity index (χ4v) is 5.80. The Morgan fingerprint density at radius 1 is 1.26 bits per heavy atom. The summed E-state index contributed by atoms with van der Waals surface area (Å²) < 4.78 is 12.8. The zero-order valence-corrected chi connectivity index (χ0v) is 14.7. The van der Waals surface area contributed by atoms with Crippen LogP contribution in [0.5, 0.6) is 0 Å². The summed E-state index contributed by atoms with van der Waals surface area (Å²) >= 11 is 0. The molecule has 0 amide bonds. The van der Waals surface area contributed by atoms with Crippen molar-refractivity contribution in [3.63, 3.8) is 0 Å². The van der Waals surface area contributed by atoms with Crippen LogP contribution < -0.4 is 0 Å². The first-order chi connectivity index (χ1) is 10.8. The van der Waals surface area contributed by atoms with Gasteiger partial charge in [0, 0.05) is 24.7 Å². The Bertz CT molecular complexity index is 553. The summed E-state index contributed by atoms with van der Waals surface area (Å²) in [4.78, 5) is 0. The molecule has 7 atom stereocenters. The molecule has 0 radical (unpaired) electrons. The van der Waals surface area contributed by atoms with Crippen molar-refractivity contribution in [2.24, 2.45) is 23.7 Å². The predicted molar refractivity (Wildman–Crippen MR) is 89.8 cm³/mol. The number of hydrogen-bond donors (Lipinski definition) is 1. The highest BCUT2D eigenvalue weighted by Gasteiger charge is 2.63. The lowest BCUT2D eigenvalue weighted by molar-refractivity contribution is -0.241. The van der Waals surface area contributed by atoms with E-state index in [9.17, 15) is 5.11 Å². The van der Waals surface area contributed by atoms with E-state index in [0.29, 0.717) is 36.5 Å². The molecule has 4 bridgehead atoms. The summed E-state index contributed by atoms with van der Waals surface area (Å²) in [5, 5.41) is 10.9. The maximum Gasteiger partial charge on any atom is 0.188 e. The lowest BCUT2D eigenvalue weighted by Gasteiger charge is -2.43. The monoisotopic (exact) mass is 318 g/mol. The van der Waals surface area contributed by atoms with E-state index in [1.807, 2.05) is 0 Å². The molecule has 0 spiro atoms. The topological polar surface area (TPSA) is 38.7 Å². The minimum atomic E-state index is -1.16. The summed E-state index contributed by atoms with van der Waals surface area (Å²) in [5.41, 5.74) is 1.70. The Morgan fingerprint density at radius 2 is 2.00 bits per heavy atom. The third kappa shape index (κ3) is 2.13. The highest BCUT2D eigenvalue weighted by molar-refractivity contribution is 5.24. The van der Waals surface area contributed by atoms with Gasteiger partial charge in [0.05, 0.1) is 17.8 Å². The first-order valence-electron chi connectivity index (χ1n) is 9.19. The van der Waals surface area contributed by atoms with Gasteiger partial charge in [0.1, 0.15) is 0 Å². The van der Waals surface area contributed by atoms with Crippen LogP contribution >= 0.6 is 0 Å². The standard InChI is InChI=1S/C20H30O3/c1-11(2)14-7-6-12(3)16-15-10-13(4)20(21)9-8-19(5,23-20)18(22-15)17(14)16/h11,14-18,21H,3-4,6-10H2,1-2,5H3/t14?,15-,16-,17-,18-,19-,20+/m1/s1. The van der Waals surface area contributed by atoms with Crippen molar-refractivity contribution in [2.45, 2.75) is 76.5 Å². The lowest BCUT2D eigenvalue weighted by Crippen LogP contribution is -2.49. The van der Waals surface area contributed by atoms with Crippen LogP contribution in [0.2, 0.25) is 0 Å². The van der Waals surface area contributed by atoms with Gasteiger partial charge in [0.2, 0.25) is 0 Å². The Hall–Kier alpha value is -0.640. The van der Waals surface area contributed by atoms with Gasteiger partial charge in [-0.2, -0.15) is 0 Å². The van der Waals surface area contributed by atoms with E-state index in [0.717, 1.165) is 18.4 Å². The first kappa shape index (κ1) is 15.9. The Morgan fingerprint density at radius 3 is 2.70 bits per heavy atom. The van der Waals surface area contributed by atoms with E-state index >= 15 is 0 Å². The van der Waals surface area contributed by atoms with E-state index in [1.165, 1.54) is 12.0 Å². The molecule has 1 saturated carbocycles. The molecule has 4 aliphatic rings. The van der Waals surface area contributed by atoms with Crippen LogP contribution in [0.3, 0.4) is 0 Å². The predicted octanol–water partition coefficient (Wildman–Crippen LogP) is 3.83. The minimum Gasteiger partial charge on any atom is -0.371 e. The lowest BCUT2D eigenvalue weighted by atomic mass is 9.61. The maximum absolute atomic E-state index is 10.9. The Kier molecular flexibility index (Phi) is 3.40. The Labute approximate surface area is 139 Å². The van der Waals surface area contributed by atoms with Crippen LogP contribution in [0.25, 0.3) is 0 Å². The van der Waals surface area contributed by atoms with Crippen molar-refractivity contribution in [1.29, 1.82) is 0 Å². The molecular weight excluding hydrogens is 288 g/mol. The zero-order chi connectivity index (χ0) is 16.6. The largest absolute Gasteiger partial charge is 0.371 e. The van der Waals surface area contributed by atoms with Crippen LogP contribution in [-0.2, 0) is 9.47 Å². The third-order valence-corrected chi connectivity index (χ3v) is 7.07. The molecule has 3 nitrogen and oxygen atoms in total. The number of hydrogen-bond acceptors (Lipinski definition) is 3. The van der Waals surface area contributed by atoms with Gasteiger partial charge >= 0.3 is 0 Å². The number of ether oxygens (including phenoxy) is 2. The van der Waals surface area contributed by atoms with Crippen molar-refractivity contribution in [3.8, 4) is 0 Å². The van der Waals surface area contributed by atoms with Crippen LogP contribution in [-0.4, -0.2) is 28.7 Å². The molecule has 3 heteroatoms. The fraction of sp³-hybridized carbons (Fsp3) is 0.800. The second-order valence-corrected chi connectivity index (χ2v) is 8.81. The van der Waals surface area contributed by atoms with Crippen LogP contribution in [0.4, 0.5) is 0 Å². The molecule has 3 heterocycles. The van der Waals surface area contributed by atoms with Gasteiger partial charge in [0.25, 0.3) is 0 Å². The molecular formula is C20H30O3. The fourth-order valence-electron chi connectivity index (χ4n) is 5.80. The number of rotatable bonds is 1. The summed E-state index contributed by atoms with van der Waals surface area (Å²) in [6.07, 6.45) is 4.63. The molecule has 1 aliphatic carbocycles. The van der Waals surface area contributed by atoms with Crippen molar-refractivity contribution < 1.29 is 14.6 Å². The van der Waals surface area contributed by atoms with Gasteiger partial charge in [-0.05, 0) is 43.6 Å². The molecule has 1 N–H and O–H groups in total. The van der Waals surface area contributed by atoms with Crippen molar-refractivity contribution in [1.82, 2.24) is 0 Å². The molecule has 4 fully saturated rings. The van der Waals surface area contributed by atoms with Crippen LogP contribution in [0.15, 0.2) is 24.3 Å². The smallest absolute Gasteiger partial charge is 0.188 e. The molecule has 0 aromatic heterocycles. The van der Waals surface area contributed by atoms with Gasteiger partial charge in [-0.3, -0.25) is 0 Å². The van der Waals surface area contributed by atoms with Gasteiger partial charge in [-0.15, -0.1) is 0 Å². The number of fused-ring (bicyclic) bond motifs is 8. The number of aliphatic hydroxyl groups is 1. The van der Waals surface area contributed by atoms with E-state index in [-0.39, 0.29) is 12.2 Å². The normalized spacial score (nSPS) is 52.5. The van der Waals surface area contributed by atoms with Crippen LogP contribution in [0.1, 0.15) is 52.9 Å². The highest BCUT2D eigenvalue weighted by atomic mass is 16.7. The average Bonchev–Trinajstić information content (AvgIpc) is 3.01. The molecule has 3 saturated heterocycles. The maximum atomic E-state index is 10.9. The quantitative estimate of drug-likeness (QED) is 0.747.